The number of benzene rings is 1. The molecule has 0 aromatic heterocycles. The van der Waals surface area contributed by atoms with Crippen LogP contribution < -0.4 is 5.43 Å². The molecule has 1 aliphatic heterocycles. The van der Waals surface area contributed by atoms with Crippen molar-refractivity contribution in [3.05, 3.63) is 33.8 Å². The molecule has 1 heterocycles. The van der Waals surface area contributed by atoms with Gasteiger partial charge in [0.15, 0.2) is 0 Å². The molecule has 128 valence electrons. The maximum atomic E-state index is 13.3. The molecule has 0 unspecified atom stereocenters. The van der Waals surface area contributed by atoms with Crippen LogP contribution in [0.15, 0.2) is 17.2 Å². The van der Waals surface area contributed by atoms with Gasteiger partial charge in [-0.25, -0.2) is 19.0 Å². The van der Waals surface area contributed by atoms with E-state index in [1.165, 1.54) is 6.07 Å². The summed E-state index contributed by atoms with van der Waals surface area (Å²) in [6.07, 6.45) is -4.10. The van der Waals surface area contributed by atoms with Crippen molar-refractivity contribution in [2.24, 2.45) is 5.10 Å². The van der Waals surface area contributed by atoms with Gasteiger partial charge in [0.25, 0.3) is 6.43 Å². The van der Waals surface area contributed by atoms with Crippen molar-refractivity contribution in [1.29, 1.82) is 0 Å². The largest absolute Gasteiger partial charge is 0.439 e. The van der Waals surface area contributed by atoms with E-state index >= 15 is 0 Å². The number of halogens is 3. The summed E-state index contributed by atoms with van der Waals surface area (Å²) >= 11 is 6.10. The summed E-state index contributed by atoms with van der Waals surface area (Å²) in [5.74, 6) is 2.91. The van der Waals surface area contributed by atoms with Crippen LogP contribution in [0.4, 0.5) is 13.6 Å². The second kappa shape index (κ2) is 6.91. The third-order valence-electron chi connectivity index (χ3n) is 3.14. The van der Waals surface area contributed by atoms with Crippen LogP contribution in [0.5, 0.6) is 0 Å². The highest BCUT2D eigenvalue weighted by atomic mass is 35.5. The van der Waals surface area contributed by atoms with Gasteiger partial charge in [0.1, 0.15) is 19.9 Å². The number of hydrogen-bond donors (Lipinski definition) is 1. The fourth-order valence-corrected chi connectivity index (χ4v) is 2.79. The van der Waals surface area contributed by atoms with Crippen molar-refractivity contribution in [3.63, 3.8) is 0 Å². The maximum absolute atomic E-state index is 13.3. The number of hydrogen-bond acceptors (Lipinski definition) is 3. The van der Waals surface area contributed by atoms with E-state index in [0.717, 1.165) is 0 Å². The van der Waals surface area contributed by atoms with Crippen LogP contribution in [-0.4, -0.2) is 26.0 Å². The molecule has 0 radical (unpaired) electrons. The third kappa shape index (κ3) is 4.33. The summed E-state index contributed by atoms with van der Waals surface area (Å²) in [6, 6.07) is 2.85. The Balaban J connectivity index is 2.59. The topological polar surface area (TPSA) is 50.7 Å². The van der Waals surface area contributed by atoms with E-state index in [1.807, 2.05) is 19.6 Å². The molecular formula is C16H17ClF2N2O2Si. The zero-order chi connectivity index (χ0) is 18.1. The van der Waals surface area contributed by atoms with E-state index in [4.69, 9.17) is 16.3 Å². The molecule has 0 spiro atoms. The lowest BCUT2D eigenvalue weighted by atomic mass is 9.99. The number of amides is 1. The first-order chi connectivity index (χ1) is 11.1. The van der Waals surface area contributed by atoms with Crippen molar-refractivity contribution in [2.45, 2.75) is 39.1 Å². The van der Waals surface area contributed by atoms with Crippen LogP contribution >= 0.6 is 11.6 Å². The maximum Gasteiger partial charge on any atom is 0.428 e. The first-order valence-electron chi connectivity index (χ1n) is 7.28. The summed E-state index contributed by atoms with van der Waals surface area (Å²) in [5, 5.41) is 3.84. The first-order valence-corrected chi connectivity index (χ1v) is 11.2. The molecule has 1 aromatic rings. The average Bonchev–Trinajstić information content (AvgIpc) is 2.45. The van der Waals surface area contributed by atoms with Gasteiger partial charge in [0, 0.05) is 16.7 Å². The van der Waals surface area contributed by atoms with Crippen molar-refractivity contribution >= 4 is 31.5 Å². The van der Waals surface area contributed by atoms with Gasteiger partial charge < -0.3 is 4.74 Å². The number of carbonyl (C=O) groups is 1. The summed E-state index contributed by atoms with van der Waals surface area (Å²) in [7, 11) is -1.71. The number of nitrogens with one attached hydrogen (secondary N) is 1. The second-order valence-electron chi connectivity index (χ2n) is 6.38. The first kappa shape index (κ1) is 18.4. The van der Waals surface area contributed by atoms with Gasteiger partial charge in [0.05, 0.1) is 5.02 Å². The molecule has 24 heavy (non-hydrogen) atoms. The Kier molecular flexibility index (Phi) is 5.31. The summed E-state index contributed by atoms with van der Waals surface area (Å²) in [5.41, 5.74) is 6.02. The lowest BCUT2D eigenvalue weighted by molar-refractivity contribution is 0.127. The summed E-state index contributed by atoms with van der Waals surface area (Å²) in [4.78, 5) is 11.2. The standard InChI is InChI=1S/C16H17ClF2N2O2Si/c1-9-14(20-21-16(22)23-9)11-7-10(5-6-24(2,3)4)13(17)12(8-11)15(18)19/h7-9,15H,1-4H3,(H,21,22)/t9-/m0/s1. The van der Waals surface area contributed by atoms with Crippen LogP contribution in [-0.2, 0) is 4.74 Å². The Bertz CT molecular complexity index is 764. The Labute approximate surface area is 145 Å². The molecule has 0 saturated heterocycles. The molecule has 1 N–H and O–H groups in total. The Morgan fingerprint density at radius 3 is 2.58 bits per heavy atom. The molecule has 0 aliphatic carbocycles. The molecule has 8 heteroatoms. The second-order valence-corrected chi connectivity index (χ2v) is 11.5. The highest BCUT2D eigenvalue weighted by Gasteiger charge is 2.25. The number of ether oxygens (including phenoxy) is 1. The minimum Gasteiger partial charge on any atom is -0.439 e. The smallest absolute Gasteiger partial charge is 0.428 e. The molecule has 0 bridgehead atoms. The van der Waals surface area contributed by atoms with Crippen molar-refractivity contribution in [2.75, 3.05) is 0 Å². The van der Waals surface area contributed by atoms with E-state index in [2.05, 4.69) is 22.0 Å². The molecular weight excluding hydrogens is 354 g/mol. The van der Waals surface area contributed by atoms with Crippen molar-refractivity contribution < 1.29 is 18.3 Å². The molecule has 2 rings (SSSR count). The Hall–Kier alpha value is -1.91. The molecule has 1 aliphatic rings. The predicted octanol–water partition coefficient (Wildman–Crippen LogP) is 4.34. The zero-order valence-corrected chi connectivity index (χ0v) is 15.5. The lowest BCUT2D eigenvalue weighted by Crippen LogP contribution is -2.37. The number of carbonyl (C=O) groups excluding carboxylic acids is 1. The number of alkyl halides is 2. The average molecular weight is 371 g/mol. The Morgan fingerprint density at radius 1 is 1.38 bits per heavy atom. The van der Waals surface area contributed by atoms with Crippen LogP contribution in [0.2, 0.25) is 24.7 Å². The lowest BCUT2D eigenvalue weighted by Gasteiger charge is -2.21. The van der Waals surface area contributed by atoms with Crippen LogP contribution in [0.1, 0.15) is 30.0 Å². The fraction of sp³-hybridized carbons (Fsp3) is 0.375. The van der Waals surface area contributed by atoms with Crippen molar-refractivity contribution in [3.8, 4) is 11.5 Å². The quantitative estimate of drug-likeness (QED) is 0.622. The Morgan fingerprint density at radius 2 is 2.04 bits per heavy atom. The van der Waals surface area contributed by atoms with Gasteiger partial charge in [-0.05, 0) is 19.1 Å². The number of cyclic esters (lactones) is 1. The normalized spacial score (nSPS) is 17.6. The van der Waals surface area contributed by atoms with Crippen molar-refractivity contribution in [1.82, 2.24) is 5.43 Å². The molecule has 0 fully saturated rings. The van der Waals surface area contributed by atoms with Gasteiger partial charge in [-0.2, -0.15) is 5.10 Å². The SMILES string of the molecule is C[C@@H]1OC(=O)NN=C1c1cc(C#C[Si](C)(C)C)c(Cl)c(C(F)F)c1. The fourth-order valence-electron chi connectivity index (χ4n) is 2.04. The van der Waals surface area contributed by atoms with Gasteiger partial charge >= 0.3 is 6.09 Å². The molecule has 1 aromatic carbocycles. The van der Waals surface area contributed by atoms with Gasteiger partial charge in [-0.15, -0.1) is 5.54 Å². The number of rotatable bonds is 2. The minimum atomic E-state index is -2.75. The minimum absolute atomic E-state index is 0.0616. The molecule has 4 nitrogen and oxygen atoms in total. The molecule has 0 saturated carbocycles. The van der Waals surface area contributed by atoms with Crippen LogP contribution in [0.25, 0.3) is 0 Å². The van der Waals surface area contributed by atoms with Crippen LogP contribution in [0, 0.1) is 11.5 Å². The van der Waals surface area contributed by atoms with Gasteiger partial charge in [-0.1, -0.05) is 37.2 Å². The van der Waals surface area contributed by atoms with E-state index in [1.54, 1.807) is 13.0 Å². The predicted molar refractivity (Wildman–Crippen MR) is 92.2 cm³/mol. The van der Waals surface area contributed by atoms with Gasteiger partial charge in [0.2, 0.25) is 0 Å². The summed E-state index contributed by atoms with van der Waals surface area (Å²) < 4.78 is 31.7. The monoisotopic (exact) mass is 370 g/mol. The summed E-state index contributed by atoms with van der Waals surface area (Å²) in [6.45, 7) is 7.75. The third-order valence-corrected chi connectivity index (χ3v) is 4.44. The zero-order valence-electron chi connectivity index (χ0n) is 13.7. The van der Waals surface area contributed by atoms with Gasteiger partial charge in [-0.3, -0.25) is 0 Å². The van der Waals surface area contributed by atoms with E-state index in [0.29, 0.717) is 16.8 Å². The highest BCUT2D eigenvalue weighted by Crippen LogP contribution is 2.32. The molecule has 1 atom stereocenters. The number of hydrazone groups is 1. The van der Waals surface area contributed by atoms with E-state index < -0.39 is 26.7 Å². The van der Waals surface area contributed by atoms with E-state index in [9.17, 15) is 13.6 Å². The molecule has 1 amide bonds. The number of nitrogens with zero attached hydrogens (tertiary/aromatic N) is 1. The highest BCUT2D eigenvalue weighted by molar-refractivity contribution is 6.83. The van der Waals surface area contributed by atoms with E-state index in [-0.39, 0.29) is 10.6 Å². The van der Waals surface area contributed by atoms with Crippen LogP contribution in [0.3, 0.4) is 0 Å².